The summed E-state index contributed by atoms with van der Waals surface area (Å²) in [6, 6.07) is 4.65. The predicted molar refractivity (Wildman–Crippen MR) is 83.0 cm³/mol. The Morgan fingerprint density at radius 2 is 2.14 bits per heavy atom. The highest BCUT2D eigenvalue weighted by molar-refractivity contribution is 5.56. The number of hydrogen-bond donors (Lipinski definition) is 1. The van der Waals surface area contributed by atoms with Crippen molar-refractivity contribution in [3.63, 3.8) is 0 Å². The Kier molecular flexibility index (Phi) is 7.25. The minimum Gasteiger partial charge on any atom is -0.491 e. The molecule has 6 heteroatoms. The molecule has 21 heavy (non-hydrogen) atoms. The highest BCUT2D eigenvalue weighted by Gasteiger charge is 2.11. The fraction of sp³-hybridized carbons (Fsp3) is 0.467. The molecule has 0 radical (unpaired) electrons. The summed E-state index contributed by atoms with van der Waals surface area (Å²) in [7, 11) is 0. The first-order chi connectivity index (χ1) is 10.0. The van der Waals surface area contributed by atoms with Gasteiger partial charge in [0.2, 0.25) is 0 Å². The van der Waals surface area contributed by atoms with Crippen LogP contribution in [0.1, 0.15) is 20.3 Å². The van der Waals surface area contributed by atoms with Gasteiger partial charge in [-0.1, -0.05) is 6.08 Å². The van der Waals surface area contributed by atoms with Crippen LogP contribution < -0.4 is 10.1 Å². The minimum atomic E-state index is -0.432. The highest BCUT2D eigenvalue weighted by atomic mass is 16.6. The van der Waals surface area contributed by atoms with Crippen LogP contribution in [0.5, 0.6) is 5.75 Å². The fourth-order valence-corrected chi connectivity index (χ4v) is 1.67. The van der Waals surface area contributed by atoms with E-state index in [0.29, 0.717) is 31.2 Å². The summed E-state index contributed by atoms with van der Waals surface area (Å²) < 4.78 is 10.9. The van der Waals surface area contributed by atoms with Crippen molar-refractivity contribution in [1.82, 2.24) is 0 Å². The summed E-state index contributed by atoms with van der Waals surface area (Å²) in [6.45, 7) is 9.08. The van der Waals surface area contributed by atoms with Gasteiger partial charge in [-0.25, -0.2) is 0 Å². The average molecular weight is 294 g/mol. The average Bonchev–Trinajstić information content (AvgIpc) is 2.41. The van der Waals surface area contributed by atoms with E-state index in [4.69, 9.17) is 9.47 Å². The number of nitro groups is 1. The van der Waals surface area contributed by atoms with Gasteiger partial charge in [0.15, 0.2) is 0 Å². The molecule has 0 aliphatic carbocycles. The van der Waals surface area contributed by atoms with Crippen molar-refractivity contribution >= 4 is 11.4 Å². The van der Waals surface area contributed by atoms with E-state index in [2.05, 4.69) is 11.9 Å². The molecular weight excluding hydrogens is 272 g/mol. The lowest BCUT2D eigenvalue weighted by molar-refractivity contribution is -0.384. The van der Waals surface area contributed by atoms with Crippen molar-refractivity contribution in [2.24, 2.45) is 0 Å². The van der Waals surface area contributed by atoms with E-state index in [1.165, 1.54) is 12.1 Å². The predicted octanol–water partition coefficient (Wildman–Crippen LogP) is 3.39. The van der Waals surface area contributed by atoms with E-state index in [0.717, 1.165) is 6.42 Å². The molecule has 0 aliphatic heterocycles. The fourth-order valence-electron chi connectivity index (χ4n) is 1.67. The van der Waals surface area contributed by atoms with Crippen LogP contribution in [0.15, 0.2) is 30.9 Å². The maximum atomic E-state index is 10.9. The first-order valence-electron chi connectivity index (χ1n) is 6.91. The summed E-state index contributed by atoms with van der Waals surface area (Å²) in [5, 5.41) is 14.0. The maximum absolute atomic E-state index is 10.9. The van der Waals surface area contributed by atoms with Gasteiger partial charge in [-0.15, -0.1) is 6.58 Å². The van der Waals surface area contributed by atoms with E-state index >= 15 is 0 Å². The number of nitrogens with one attached hydrogen (secondary N) is 1. The molecule has 0 saturated carbocycles. The van der Waals surface area contributed by atoms with Crippen molar-refractivity contribution in [3.8, 4) is 5.75 Å². The quantitative estimate of drug-likeness (QED) is 0.310. The molecule has 0 spiro atoms. The molecular formula is C15H22N2O4. The molecule has 0 saturated heterocycles. The van der Waals surface area contributed by atoms with E-state index < -0.39 is 4.92 Å². The smallest absolute Gasteiger partial charge is 0.275 e. The Morgan fingerprint density at radius 3 is 2.76 bits per heavy atom. The lowest BCUT2D eigenvalue weighted by Crippen LogP contribution is -2.11. The second-order valence-corrected chi connectivity index (χ2v) is 4.76. The third-order valence-corrected chi connectivity index (χ3v) is 2.52. The first kappa shape index (κ1) is 17.0. The van der Waals surface area contributed by atoms with Gasteiger partial charge in [0.05, 0.1) is 30.3 Å². The zero-order valence-corrected chi connectivity index (χ0v) is 12.5. The molecule has 1 aromatic rings. The summed E-state index contributed by atoms with van der Waals surface area (Å²) in [5.41, 5.74) is 0.649. The Bertz CT molecular complexity index is 475. The van der Waals surface area contributed by atoms with Crippen molar-refractivity contribution in [3.05, 3.63) is 41.0 Å². The third kappa shape index (κ3) is 6.76. The van der Waals surface area contributed by atoms with Crippen molar-refractivity contribution < 1.29 is 14.4 Å². The van der Waals surface area contributed by atoms with E-state index in [1.807, 2.05) is 13.8 Å². The number of rotatable bonds is 10. The molecule has 6 nitrogen and oxygen atoms in total. The molecule has 116 valence electrons. The number of nitro benzene ring substituents is 1. The largest absolute Gasteiger partial charge is 0.491 e. The third-order valence-electron chi connectivity index (χ3n) is 2.52. The Labute approximate surface area is 124 Å². The lowest BCUT2D eigenvalue weighted by Gasteiger charge is -2.12. The van der Waals surface area contributed by atoms with Crippen molar-refractivity contribution in [1.29, 1.82) is 0 Å². The van der Waals surface area contributed by atoms with Gasteiger partial charge in [0.25, 0.3) is 5.69 Å². The standard InChI is InChI=1S/C15H22N2O4/c1-4-5-7-20-8-6-16-13-9-14(17(18)19)11-15(10-13)21-12(2)3/h4,9-12,16H,1,5-8H2,2-3H3. The summed E-state index contributed by atoms with van der Waals surface area (Å²) in [5.74, 6) is 0.481. The summed E-state index contributed by atoms with van der Waals surface area (Å²) in [6.07, 6.45) is 2.56. The van der Waals surface area contributed by atoms with E-state index in [1.54, 1.807) is 12.1 Å². The maximum Gasteiger partial charge on any atom is 0.275 e. The molecule has 0 fully saturated rings. The Morgan fingerprint density at radius 1 is 1.38 bits per heavy atom. The van der Waals surface area contributed by atoms with Crippen LogP contribution in [0.3, 0.4) is 0 Å². The number of benzene rings is 1. The van der Waals surface area contributed by atoms with Crippen LogP contribution >= 0.6 is 0 Å². The van der Waals surface area contributed by atoms with Gasteiger partial charge in [-0.2, -0.15) is 0 Å². The van der Waals surface area contributed by atoms with Crippen LogP contribution in [-0.2, 0) is 4.74 Å². The first-order valence-corrected chi connectivity index (χ1v) is 6.91. The van der Waals surface area contributed by atoms with Crippen molar-refractivity contribution in [2.45, 2.75) is 26.4 Å². The van der Waals surface area contributed by atoms with Gasteiger partial charge < -0.3 is 14.8 Å². The number of nitrogens with zero attached hydrogens (tertiary/aromatic N) is 1. The number of non-ortho nitro benzene ring substituents is 1. The molecule has 0 unspecified atom stereocenters. The minimum absolute atomic E-state index is 0.00299. The van der Waals surface area contributed by atoms with Gasteiger partial charge in [0, 0.05) is 24.4 Å². The van der Waals surface area contributed by atoms with Gasteiger partial charge in [0.1, 0.15) is 5.75 Å². The normalized spacial score (nSPS) is 10.4. The van der Waals surface area contributed by atoms with Crippen LogP contribution in [0.4, 0.5) is 11.4 Å². The summed E-state index contributed by atoms with van der Waals surface area (Å²) >= 11 is 0. The highest BCUT2D eigenvalue weighted by Crippen LogP contribution is 2.26. The second-order valence-electron chi connectivity index (χ2n) is 4.76. The molecule has 1 rings (SSSR count). The Hall–Kier alpha value is -2.08. The van der Waals surface area contributed by atoms with Gasteiger partial charge >= 0.3 is 0 Å². The molecule has 0 bridgehead atoms. The van der Waals surface area contributed by atoms with Crippen LogP contribution in [0.2, 0.25) is 0 Å². The van der Waals surface area contributed by atoms with Crippen molar-refractivity contribution in [2.75, 3.05) is 25.1 Å². The SMILES string of the molecule is C=CCCOCCNc1cc(OC(C)C)cc([N+](=O)[O-])c1. The molecule has 0 amide bonds. The zero-order chi connectivity index (χ0) is 15.7. The molecule has 0 aromatic heterocycles. The van der Waals surface area contributed by atoms with Gasteiger partial charge in [-0.05, 0) is 20.3 Å². The molecule has 1 N–H and O–H groups in total. The number of hydrogen-bond acceptors (Lipinski definition) is 5. The lowest BCUT2D eigenvalue weighted by atomic mass is 10.2. The van der Waals surface area contributed by atoms with E-state index in [9.17, 15) is 10.1 Å². The van der Waals surface area contributed by atoms with Gasteiger partial charge in [-0.3, -0.25) is 10.1 Å². The monoisotopic (exact) mass is 294 g/mol. The Balaban J connectivity index is 2.61. The van der Waals surface area contributed by atoms with E-state index in [-0.39, 0.29) is 11.8 Å². The summed E-state index contributed by atoms with van der Waals surface area (Å²) in [4.78, 5) is 10.5. The zero-order valence-electron chi connectivity index (χ0n) is 12.5. The second kappa shape index (κ2) is 8.97. The van der Waals surface area contributed by atoms with Crippen LogP contribution in [-0.4, -0.2) is 30.8 Å². The molecule has 0 atom stereocenters. The van der Waals surface area contributed by atoms with Crippen LogP contribution in [0.25, 0.3) is 0 Å². The molecule has 1 aromatic carbocycles. The van der Waals surface area contributed by atoms with Crippen LogP contribution in [0, 0.1) is 10.1 Å². The number of anilines is 1. The topological polar surface area (TPSA) is 73.6 Å². The molecule has 0 aliphatic rings. The molecule has 0 heterocycles. The number of ether oxygens (including phenoxy) is 2.